The molecule has 2 heterocycles. The van der Waals surface area contributed by atoms with Gasteiger partial charge in [-0.3, -0.25) is 0 Å². The van der Waals surface area contributed by atoms with E-state index < -0.39 is 0 Å². The third-order valence-electron chi connectivity index (χ3n) is 3.46. The Balaban J connectivity index is 1.81. The lowest BCUT2D eigenvalue weighted by Crippen LogP contribution is -2.57. The molecule has 0 aromatic rings. The molecule has 2 fully saturated rings. The van der Waals surface area contributed by atoms with Crippen molar-refractivity contribution < 1.29 is 4.48 Å². The standard InChI is InChI=1S/C10H21N2/c1-12(5-3-2-4-6-12)9-10-7-11-8-10/h10-11H,2-9H2,1H3/q+1. The van der Waals surface area contributed by atoms with Gasteiger partial charge in [0.05, 0.1) is 26.7 Å². The minimum Gasteiger partial charge on any atom is -0.326 e. The van der Waals surface area contributed by atoms with E-state index in [1.807, 2.05) is 0 Å². The van der Waals surface area contributed by atoms with Crippen LogP contribution in [0.3, 0.4) is 0 Å². The van der Waals surface area contributed by atoms with Gasteiger partial charge in [0.15, 0.2) is 0 Å². The zero-order valence-electron chi connectivity index (χ0n) is 8.18. The van der Waals surface area contributed by atoms with Gasteiger partial charge in [0.1, 0.15) is 0 Å². The Morgan fingerprint density at radius 2 is 1.83 bits per heavy atom. The first-order chi connectivity index (χ1) is 5.79. The van der Waals surface area contributed by atoms with Crippen LogP contribution in [0, 0.1) is 5.92 Å². The Morgan fingerprint density at radius 3 is 2.33 bits per heavy atom. The largest absolute Gasteiger partial charge is 0.326 e. The first-order valence-electron chi connectivity index (χ1n) is 5.33. The normalized spacial score (nSPS) is 29.8. The lowest BCUT2D eigenvalue weighted by Gasteiger charge is -2.42. The number of nitrogens with one attached hydrogen (secondary N) is 1. The minimum atomic E-state index is 0.980. The van der Waals surface area contributed by atoms with E-state index in [0.29, 0.717) is 0 Å². The van der Waals surface area contributed by atoms with Crippen LogP contribution in [-0.2, 0) is 0 Å². The summed E-state index contributed by atoms with van der Waals surface area (Å²) < 4.78 is 1.35. The molecule has 0 aromatic heterocycles. The number of hydrogen-bond donors (Lipinski definition) is 1. The fourth-order valence-electron chi connectivity index (χ4n) is 2.56. The molecule has 1 N–H and O–H groups in total. The lowest BCUT2D eigenvalue weighted by molar-refractivity contribution is -0.917. The Morgan fingerprint density at radius 1 is 1.17 bits per heavy atom. The maximum atomic E-state index is 3.36. The summed E-state index contributed by atoms with van der Waals surface area (Å²) in [7, 11) is 2.44. The molecule has 2 nitrogen and oxygen atoms in total. The smallest absolute Gasteiger partial charge is 0.0837 e. The second-order valence-electron chi connectivity index (χ2n) is 4.83. The summed E-state index contributed by atoms with van der Waals surface area (Å²) in [6, 6.07) is 0. The highest BCUT2D eigenvalue weighted by atomic mass is 15.3. The number of quaternary nitrogens is 1. The summed E-state index contributed by atoms with van der Waals surface area (Å²) in [5.41, 5.74) is 0. The van der Waals surface area contributed by atoms with E-state index in [9.17, 15) is 0 Å². The number of nitrogens with zero attached hydrogens (tertiary/aromatic N) is 1. The van der Waals surface area contributed by atoms with Crippen LogP contribution in [0.4, 0.5) is 0 Å². The molecule has 0 bridgehead atoms. The van der Waals surface area contributed by atoms with E-state index in [4.69, 9.17) is 0 Å². The fourth-order valence-corrected chi connectivity index (χ4v) is 2.56. The van der Waals surface area contributed by atoms with Gasteiger partial charge in [-0.15, -0.1) is 0 Å². The van der Waals surface area contributed by atoms with Crippen molar-refractivity contribution in [2.45, 2.75) is 19.3 Å². The highest BCUT2D eigenvalue weighted by molar-refractivity contribution is 4.74. The molecule has 0 amide bonds. The van der Waals surface area contributed by atoms with Crippen LogP contribution in [0.25, 0.3) is 0 Å². The molecule has 0 spiro atoms. The van der Waals surface area contributed by atoms with Crippen molar-refractivity contribution >= 4 is 0 Å². The van der Waals surface area contributed by atoms with E-state index >= 15 is 0 Å². The Bertz CT molecular complexity index is 146. The average Bonchev–Trinajstić information content (AvgIpc) is 1.99. The van der Waals surface area contributed by atoms with Crippen LogP contribution in [0.5, 0.6) is 0 Å². The summed E-state index contributed by atoms with van der Waals surface area (Å²) in [4.78, 5) is 0. The summed E-state index contributed by atoms with van der Waals surface area (Å²) in [5, 5.41) is 3.36. The number of piperidine rings is 1. The minimum absolute atomic E-state index is 0.980. The molecule has 0 aliphatic carbocycles. The van der Waals surface area contributed by atoms with Crippen LogP contribution < -0.4 is 5.32 Å². The van der Waals surface area contributed by atoms with Crippen LogP contribution in [0.1, 0.15) is 19.3 Å². The van der Waals surface area contributed by atoms with E-state index in [1.165, 1.54) is 56.5 Å². The molecule has 2 heteroatoms. The van der Waals surface area contributed by atoms with Crippen molar-refractivity contribution in [2.24, 2.45) is 5.92 Å². The Kier molecular flexibility index (Phi) is 2.37. The zero-order chi connectivity index (χ0) is 8.44. The Hall–Kier alpha value is -0.0800. The SMILES string of the molecule is C[N+]1(CC2CNC2)CCCCC1. The van der Waals surface area contributed by atoms with E-state index in [-0.39, 0.29) is 0 Å². The van der Waals surface area contributed by atoms with Gasteiger partial charge in [-0.1, -0.05) is 0 Å². The predicted molar refractivity (Wildman–Crippen MR) is 51.0 cm³/mol. The highest BCUT2D eigenvalue weighted by Crippen LogP contribution is 2.19. The average molecular weight is 169 g/mol. The van der Waals surface area contributed by atoms with Crippen molar-refractivity contribution in [3.05, 3.63) is 0 Å². The first kappa shape index (κ1) is 8.52. The summed E-state index contributed by atoms with van der Waals surface area (Å²) >= 11 is 0. The molecule has 0 radical (unpaired) electrons. The van der Waals surface area contributed by atoms with Gasteiger partial charge >= 0.3 is 0 Å². The lowest BCUT2D eigenvalue weighted by atomic mass is 9.99. The molecule has 12 heavy (non-hydrogen) atoms. The van der Waals surface area contributed by atoms with E-state index in [1.54, 1.807) is 0 Å². The van der Waals surface area contributed by atoms with Crippen molar-refractivity contribution in [2.75, 3.05) is 39.8 Å². The zero-order valence-corrected chi connectivity index (χ0v) is 8.18. The van der Waals surface area contributed by atoms with Gasteiger partial charge < -0.3 is 9.80 Å². The molecular weight excluding hydrogens is 148 g/mol. The van der Waals surface area contributed by atoms with Crippen molar-refractivity contribution in [3.8, 4) is 0 Å². The predicted octanol–water partition coefficient (Wildman–Crippen LogP) is 0.836. The van der Waals surface area contributed by atoms with Crippen LogP contribution in [0.15, 0.2) is 0 Å². The van der Waals surface area contributed by atoms with Gasteiger partial charge in [-0.25, -0.2) is 0 Å². The van der Waals surface area contributed by atoms with Crippen LogP contribution in [0.2, 0.25) is 0 Å². The third-order valence-corrected chi connectivity index (χ3v) is 3.46. The van der Waals surface area contributed by atoms with E-state index in [2.05, 4.69) is 12.4 Å². The third kappa shape index (κ3) is 1.80. The van der Waals surface area contributed by atoms with E-state index in [0.717, 1.165) is 5.92 Å². The van der Waals surface area contributed by atoms with Gasteiger partial charge in [-0.05, 0) is 19.3 Å². The number of hydrogen-bond acceptors (Lipinski definition) is 1. The monoisotopic (exact) mass is 169 g/mol. The van der Waals surface area contributed by atoms with Gasteiger partial charge in [-0.2, -0.15) is 0 Å². The molecule has 0 aromatic carbocycles. The molecule has 2 aliphatic heterocycles. The van der Waals surface area contributed by atoms with Crippen molar-refractivity contribution in [1.29, 1.82) is 0 Å². The maximum absolute atomic E-state index is 3.36. The van der Waals surface area contributed by atoms with Crippen LogP contribution in [-0.4, -0.2) is 44.3 Å². The van der Waals surface area contributed by atoms with Crippen molar-refractivity contribution in [3.63, 3.8) is 0 Å². The van der Waals surface area contributed by atoms with Gasteiger partial charge in [0, 0.05) is 19.0 Å². The van der Waals surface area contributed by atoms with Gasteiger partial charge in [0.25, 0.3) is 0 Å². The Labute approximate surface area is 75.5 Å². The second-order valence-corrected chi connectivity index (χ2v) is 4.83. The first-order valence-corrected chi connectivity index (χ1v) is 5.33. The van der Waals surface area contributed by atoms with Crippen molar-refractivity contribution in [1.82, 2.24) is 5.32 Å². The fraction of sp³-hybridized carbons (Fsp3) is 1.00. The number of rotatable bonds is 2. The molecule has 0 unspecified atom stereocenters. The van der Waals surface area contributed by atoms with Gasteiger partial charge in [0.2, 0.25) is 0 Å². The molecule has 2 aliphatic rings. The molecule has 70 valence electrons. The molecule has 2 rings (SSSR count). The molecule has 0 saturated carbocycles. The number of likely N-dealkylation sites (tertiary alicyclic amines) is 1. The maximum Gasteiger partial charge on any atom is 0.0837 e. The molecular formula is C10H21N2+. The summed E-state index contributed by atoms with van der Waals surface area (Å²) in [6.07, 6.45) is 4.38. The summed E-state index contributed by atoms with van der Waals surface area (Å²) in [5.74, 6) is 0.980. The van der Waals surface area contributed by atoms with Crippen LogP contribution >= 0.6 is 0 Å². The highest BCUT2D eigenvalue weighted by Gasteiger charge is 2.30. The molecule has 0 atom stereocenters. The summed E-state index contributed by atoms with van der Waals surface area (Å²) in [6.45, 7) is 6.82. The quantitative estimate of drug-likeness (QED) is 0.604. The topological polar surface area (TPSA) is 12.0 Å². The second kappa shape index (κ2) is 3.35. The molecule has 2 saturated heterocycles.